The number of nitrogens with one attached hydrogen (secondary N) is 1. The molecule has 1 aliphatic rings. The first kappa shape index (κ1) is 20.3. The molecule has 0 aromatic heterocycles. The Bertz CT molecular complexity index is 933. The lowest BCUT2D eigenvalue weighted by atomic mass is 10.2. The second kappa shape index (κ2) is 9.69. The number of ether oxygens (including phenoxy) is 3. The predicted molar refractivity (Wildman–Crippen MR) is 105 cm³/mol. The lowest BCUT2D eigenvalue weighted by Gasteiger charge is -2.10. The van der Waals surface area contributed by atoms with E-state index in [0.717, 1.165) is 52.1 Å². The molecule has 0 fully saturated rings. The van der Waals surface area contributed by atoms with Crippen LogP contribution in [0.1, 0.15) is 16.7 Å². The van der Waals surface area contributed by atoms with Gasteiger partial charge in [-0.1, -0.05) is 48.0 Å². The van der Waals surface area contributed by atoms with Crippen LogP contribution in [-0.4, -0.2) is 6.79 Å². The van der Waals surface area contributed by atoms with Crippen molar-refractivity contribution in [2.75, 3.05) is 6.79 Å². The van der Waals surface area contributed by atoms with E-state index in [-0.39, 0.29) is 12.4 Å². The summed E-state index contributed by atoms with van der Waals surface area (Å²) in [5, 5.41) is 4.17. The van der Waals surface area contributed by atoms with E-state index in [1.165, 1.54) is 0 Å². The summed E-state index contributed by atoms with van der Waals surface area (Å²) in [6, 6.07) is 21.8. The van der Waals surface area contributed by atoms with E-state index < -0.39 is 0 Å². The largest absolute Gasteiger partial charge is 1.00 e. The normalized spacial score (nSPS) is 11.8. The Morgan fingerprint density at radius 2 is 1.64 bits per heavy atom. The molecule has 3 aromatic rings. The lowest BCUT2D eigenvalue weighted by Crippen LogP contribution is -3.00. The summed E-state index contributed by atoms with van der Waals surface area (Å²) in [7, 11) is 0. The summed E-state index contributed by atoms with van der Waals surface area (Å²) in [5.41, 5.74) is 3.29. The van der Waals surface area contributed by atoms with Crippen LogP contribution in [0.5, 0.6) is 17.2 Å². The minimum atomic E-state index is 0. The number of rotatable bonds is 7. The summed E-state index contributed by atoms with van der Waals surface area (Å²) in [5.74, 6) is 2.45. The Morgan fingerprint density at radius 1 is 0.857 bits per heavy atom. The number of benzene rings is 3. The highest BCUT2D eigenvalue weighted by atomic mass is 35.5. The van der Waals surface area contributed by atoms with Gasteiger partial charge in [0.15, 0.2) is 11.5 Å². The Labute approximate surface area is 175 Å². The molecule has 0 atom stereocenters. The second-order valence-electron chi connectivity index (χ2n) is 6.32. The Morgan fingerprint density at radius 3 is 2.50 bits per heavy atom. The van der Waals surface area contributed by atoms with Crippen LogP contribution in [0.2, 0.25) is 5.02 Å². The average Bonchev–Trinajstić information content (AvgIpc) is 3.16. The Kier molecular flexibility index (Phi) is 7.04. The van der Waals surface area contributed by atoms with Gasteiger partial charge in [0.1, 0.15) is 12.4 Å². The van der Waals surface area contributed by atoms with E-state index in [2.05, 4.69) is 11.4 Å². The predicted octanol–water partition coefficient (Wildman–Crippen LogP) is 1.94. The van der Waals surface area contributed by atoms with Gasteiger partial charge in [-0.05, 0) is 41.5 Å². The van der Waals surface area contributed by atoms with Crippen molar-refractivity contribution in [2.45, 2.75) is 19.7 Å². The van der Waals surface area contributed by atoms with Gasteiger partial charge in [-0.2, -0.15) is 0 Å². The fourth-order valence-electron chi connectivity index (χ4n) is 2.92. The zero-order valence-corrected chi connectivity index (χ0v) is 16.7. The van der Waals surface area contributed by atoms with Gasteiger partial charge in [0, 0.05) is 23.7 Å². The molecule has 0 unspecified atom stereocenters. The van der Waals surface area contributed by atoms with Gasteiger partial charge >= 0.3 is 0 Å². The maximum Gasteiger partial charge on any atom is 0.231 e. The van der Waals surface area contributed by atoms with Crippen LogP contribution in [0.15, 0.2) is 66.7 Å². The smallest absolute Gasteiger partial charge is 0.231 e. The Hall–Kier alpha value is -2.40. The van der Waals surface area contributed by atoms with E-state index in [4.69, 9.17) is 25.8 Å². The van der Waals surface area contributed by atoms with Crippen molar-refractivity contribution in [3.63, 3.8) is 0 Å². The van der Waals surface area contributed by atoms with E-state index >= 15 is 0 Å². The number of hydrogen-bond donors (Lipinski definition) is 1. The van der Waals surface area contributed by atoms with Crippen LogP contribution in [0.3, 0.4) is 0 Å². The van der Waals surface area contributed by atoms with E-state index in [0.29, 0.717) is 13.4 Å². The lowest BCUT2D eigenvalue weighted by molar-refractivity contribution is -0.00000726. The number of halogens is 2. The van der Waals surface area contributed by atoms with Crippen molar-refractivity contribution in [1.29, 1.82) is 0 Å². The molecule has 0 saturated heterocycles. The molecule has 0 radical (unpaired) electrons. The number of fused-ring (bicyclic) bond motifs is 1. The fourth-order valence-corrected chi connectivity index (χ4v) is 3.11. The summed E-state index contributed by atoms with van der Waals surface area (Å²) in [6.45, 7) is 2.25. The van der Waals surface area contributed by atoms with Crippen molar-refractivity contribution in [3.8, 4) is 17.2 Å². The molecule has 0 spiro atoms. The Balaban J connectivity index is 0.00000225. The SMILES string of the molecule is Clc1ccccc1COc1cccc(CNCc2ccc3c(c2)OCO3)c1.[Cl-]. The molecule has 28 heavy (non-hydrogen) atoms. The third-order valence-corrected chi connectivity index (χ3v) is 4.71. The van der Waals surface area contributed by atoms with Crippen LogP contribution in [0, 0.1) is 0 Å². The maximum atomic E-state index is 6.18. The third kappa shape index (κ3) is 5.10. The van der Waals surface area contributed by atoms with E-state index in [9.17, 15) is 0 Å². The van der Waals surface area contributed by atoms with Gasteiger partial charge in [0.2, 0.25) is 6.79 Å². The number of hydrogen-bond acceptors (Lipinski definition) is 4. The zero-order chi connectivity index (χ0) is 18.5. The highest BCUT2D eigenvalue weighted by Gasteiger charge is 2.12. The summed E-state index contributed by atoms with van der Waals surface area (Å²) in [6.07, 6.45) is 0. The zero-order valence-electron chi connectivity index (χ0n) is 15.2. The van der Waals surface area contributed by atoms with Crippen molar-refractivity contribution in [3.05, 3.63) is 88.4 Å². The topological polar surface area (TPSA) is 39.7 Å². The summed E-state index contributed by atoms with van der Waals surface area (Å²) >= 11 is 6.18. The molecule has 4 nitrogen and oxygen atoms in total. The van der Waals surface area contributed by atoms with Gasteiger partial charge < -0.3 is 31.9 Å². The molecule has 6 heteroatoms. The van der Waals surface area contributed by atoms with Gasteiger partial charge in [-0.15, -0.1) is 0 Å². The second-order valence-corrected chi connectivity index (χ2v) is 6.73. The molecule has 1 N–H and O–H groups in total. The monoisotopic (exact) mass is 416 g/mol. The first-order valence-corrected chi connectivity index (χ1v) is 9.20. The fraction of sp³-hybridized carbons (Fsp3) is 0.182. The van der Waals surface area contributed by atoms with Crippen molar-refractivity contribution >= 4 is 11.6 Å². The first-order chi connectivity index (χ1) is 13.3. The summed E-state index contributed by atoms with van der Waals surface area (Å²) in [4.78, 5) is 0. The van der Waals surface area contributed by atoms with E-state index in [1.807, 2.05) is 60.7 Å². The quantitative estimate of drug-likeness (QED) is 0.638. The van der Waals surface area contributed by atoms with Crippen LogP contribution in [-0.2, 0) is 19.7 Å². The molecule has 0 amide bonds. The molecule has 3 aromatic carbocycles. The van der Waals surface area contributed by atoms with Gasteiger partial charge in [-0.25, -0.2) is 0 Å². The molecular weight excluding hydrogens is 397 g/mol. The van der Waals surface area contributed by atoms with Crippen LogP contribution >= 0.6 is 11.6 Å². The standard InChI is InChI=1S/C22H20ClNO3.ClH/c23-20-7-2-1-5-18(20)14-25-19-6-3-4-16(10-19)12-24-13-17-8-9-21-22(11-17)27-15-26-21;/h1-11,24H,12-15H2;1H/p-1. The molecule has 1 heterocycles. The van der Waals surface area contributed by atoms with Crippen molar-refractivity contribution in [2.24, 2.45) is 0 Å². The summed E-state index contributed by atoms with van der Waals surface area (Å²) < 4.78 is 16.6. The van der Waals surface area contributed by atoms with Crippen molar-refractivity contribution in [1.82, 2.24) is 5.32 Å². The molecular formula is C22H20Cl2NO3-. The molecule has 4 rings (SSSR count). The molecule has 0 saturated carbocycles. The third-order valence-electron chi connectivity index (χ3n) is 4.35. The van der Waals surface area contributed by atoms with Crippen LogP contribution in [0.4, 0.5) is 0 Å². The molecule has 0 bridgehead atoms. The highest BCUT2D eigenvalue weighted by Crippen LogP contribution is 2.32. The van der Waals surface area contributed by atoms with Gasteiger partial charge in [0.25, 0.3) is 0 Å². The molecule has 146 valence electrons. The average molecular weight is 417 g/mol. The maximum absolute atomic E-state index is 6.18. The van der Waals surface area contributed by atoms with Gasteiger partial charge in [-0.3, -0.25) is 0 Å². The minimum Gasteiger partial charge on any atom is -1.00 e. The van der Waals surface area contributed by atoms with Gasteiger partial charge in [0.05, 0.1) is 0 Å². The van der Waals surface area contributed by atoms with Crippen molar-refractivity contribution < 1.29 is 26.6 Å². The highest BCUT2D eigenvalue weighted by molar-refractivity contribution is 6.31. The minimum absolute atomic E-state index is 0. The van der Waals surface area contributed by atoms with Crippen LogP contribution in [0.25, 0.3) is 0 Å². The van der Waals surface area contributed by atoms with Crippen LogP contribution < -0.4 is 31.9 Å². The molecule has 0 aliphatic carbocycles. The van der Waals surface area contributed by atoms with E-state index in [1.54, 1.807) is 0 Å². The first-order valence-electron chi connectivity index (χ1n) is 8.82. The molecule has 1 aliphatic heterocycles.